The van der Waals surface area contributed by atoms with Crippen LogP contribution in [0.4, 0.5) is 0 Å². The van der Waals surface area contributed by atoms with E-state index in [4.69, 9.17) is 0 Å². The van der Waals surface area contributed by atoms with Crippen LogP contribution in [0.5, 0.6) is 0 Å². The largest absolute Gasteiger partial charge is 0.390 e. The number of aromatic nitrogens is 4. The molecule has 0 spiro atoms. The Kier molecular flexibility index (Phi) is 4.76. The molecule has 0 atom stereocenters. The maximum atomic E-state index is 12.2. The predicted octanol–water partition coefficient (Wildman–Crippen LogP) is 0.131. The van der Waals surface area contributed by atoms with Gasteiger partial charge in [-0.15, -0.1) is 5.10 Å². The van der Waals surface area contributed by atoms with Crippen LogP contribution in [0, 0.1) is 0 Å². The summed E-state index contributed by atoms with van der Waals surface area (Å²) in [5.74, 6) is 0. The van der Waals surface area contributed by atoms with Crippen LogP contribution < -0.4 is 4.72 Å². The summed E-state index contributed by atoms with van der Waals surface area (Å²) in [6.45, 7) is 4.26. The third kappa shape index (κ3) is 3.69. The predicted molar refractivity (Wildman–Crippen MR) is 76.0 cm³/mol. The van der Waals surface area contributed by atoms with Crippen LogP contribution >= 0.6 is 0 Å². The lowest BCUT2D eigenvalue weighted by atomic mass is 10.3. The molecule has 2 N–H and O–H groups in total. The minimum Gasteiger partial charge on any atom is -0.390 e. The molecule has 2 rings (SSSR count). The quantitative estimate of drug-likeness (QED) is 0.756. The Morgan fingerprint density at radius 3 is 2.71 bits per heavy atom. The molecule has 0 fully saturated rings. The summed E-state index contributed by atoms with van der Waals surface area (Å²) in [4.78, 5) is 0.152. The van der Waals surface area contributed by atoms with Crippen molar-refractivity contribution in [1.82, 2.24) is 24.3 Å². The first kappa shape index (κ1) is 15.7. The standard InChI is InChI=1S/C12H19N5O3S/c1-10(2)17-8-12(7-11(17)9-18)21(19,20)14-4-6-16-5-3-13-15-16/h3,5,7-8,10,14,18H,4,6,9H2,1-2H3. The van der Waals surface area contributed by atoms with Crippen molar-refractivity contribution in [3.05, 3.63) is 30.4 Å². The third-order valence-electron chi connectivity index (χ3n) is 3.04. The minimum atomic E-state index is -3.60. The van der Waals surface area contributed by atoms with E-state index in [1.807, 2.05) is 13.8 Å². The van der Waals surface area contributed by atoms with Gasteiger partial charge in [0.1, 0.15) is 0 Å². The van der Waals surface area contributed by atoms with E-state index in [0.717, 1.165) is 0 Å². The lowest BCUT2D eigenvalue weighted by Gasteiger charge is -2.10. The smallest absolute Gasteiger partial charge is 0.242 e. The van der Waals surface area contributed by atoms with Gasteiger partial charge in [-0.25, -0.2) is 13.1 Å². The SMILES string of the molecule is CC(C)n1cc(S(=O)(=O)NCCn2ccnn2)cc1CO. The zero-order chi connectivity index (χ0) is 15.5. The highest BCUT2D eigenvalue weighted by Gasteiger charge is 2.18. The van der Waals surface area contributed by atoms with E-state index < -0.39 is 10.0 Å². The number of aliphatic hydroxyl groups is 1. The van der Waals surface area contributed by atoms with Crippen LogP contribution in [0.25, 0.3) is 0 Å². The highest BCUT2D eigenvalue weighted by atomic mass is 32.2. The molecule has 21 heavy (non-hydrogen) atoms. The molecule has 0 radical (unpaired) electrons. The van der Waals surface area contributed by atoms with E-state index in [0.29, 0.717) is 12.2 Å². The number of nitrogens with zero attached hydrogens (tertiary/aromatic N) is 4. The van der Waals surface area contributed by atoms with Crippen LogP contribution in [0.1, 0.15) is 25.6 Å². The molecule has 0 aliphatic heterocycles. The van der Waals surface area contributed by atoms with Crippen molar-refractivity contribution < 1.29 is 13.5 Å². The molecule has 2 aromatic heterocycles. The molecule has 2 aromatic rings. The van der Waals surface area contributed by atoms with Gasteiger partial charge in [-0.2, -0.15) is 0 Å². The van der Waals surface area contributed by atoms with Crippen molar-refractivity contribution in [2.45, 2.75) is 37.9 Å². The molecule has 0 aliphatic rings. The molecule has 0 saturated heterocycles. The average Bonchev–Trinajstić information content (AvgIpc) is 3.07. The molecule has 0 aromatic carbocycles. The Bertz CT molecular complexity index is 676. The van der Waals surface area contributed by atoms with Gasteiger partial charge in [0.15, 0.2) is 0 Å². The lowest BCUT2D eigenvalue weighted by molar-refractivity contribution is 0.268. The summed E-state index contributed by atoms with van der Waals surface area (Å²) in [5, 5.41) is 16.7. The van der Waals surface area contributed by atoms with Gasteiger partial charge in [0.25, 0.3) is 0 Å². The van der Waals surface area contributed by atoms with Gasteiger partial charge in [-0.3, -0.25) is 4.68 Å². The van der Waals surface area contributed by atoms with Crippen molar-refractivity contribution in [1.29, 1.82) is 0 Å². The maximum Gasteiger partial charge on any atom is 0.242 e. The second-order valence-corrected chi connectivity index (χ2v) is 6.66. The van der Waals surface area contributed by atoms with Crippen molar-refractivity contribution in [3.63, 3.8) is 0 Å². The molecule has 9 heteroatoms. The van der Waals surface area contributed by atoms with Crippen molar-refractivity contribution in [2.24, 2.45) is 0 Å². The molecule has 8 nitrogen and oxygen atoms in total. The first-order chi connectivity index (χ1) is 9.94. The number of hydrogen-bond acceptors (Lipinski definition) is 5. The van der Waals surface area contributed by atoms with Gasteiger partial charge in [0, 0.05) is 30.7 Å². The van der Waals surface area contributed by atoms with Crippen LogP contribution in [0.2, 0.25) is 0 Å². The topological polar surface area (TPSA) is 102 Å². The fraction of sp³-hybridized carbons (Fsp3) is 0.500. The Morgan fingerprint density at radius 2 is 2.19 bits per heavy atom. The Morgan fingerprint density at radius 1 is 1.43 bits per heavy atom. The second-order valence-electron chi connectivity index (χ2n) is 4.89. The van der Waals surface area contributed by atoms with Crippen LogP contribution in [0.3, 0.4) is 0 Å². The number of sulfonamides is 1. The van der Waals surface area contributed by atoms with E-state index >= 15 is 0 Å². The fourth-order valence-electron chi connectivity index (χ4n) is 1.98. The summed E-state index contributed by atoms with van der Waals surface area (Å²) in [6.07, 6.45) is 4.73. The zero-order valence-electron chi connectivity index (χ0n) is 12.0. The van der Waals surface area contributed by atoms with Gasteiger partial charge in [-0.1, -0.05) is 5.21 Å². The highest BCUT2D eigenvalue weighted by molar-refractivity contribution is 7.89. The highest BCUT2D eigenvalue weighted by Crippen LogP contribution is 2.18. The van der Waals surface area contributed by atoms with E-state index in [2.05, 4.69) is 15.0 Å². The lowest BCUT2D eigenvalue weighted by Crippen LogP contribution is -2.27. The Hall–Kier alpha value is -1.71. The van der Waals surface area contributed by atoms with Crippen LogP contribution in [-0.4, -0.2) is 39.6 Å². The molecular formula is C12H19N5O3S. The van der Waals surface area contributed by atoms with E-state index in [-0.39, 0.29) is 24.1 Å². The van der Waals surface area contributed by atoms with Crippen molar-refractivity contribution >= 4 is 10.0 Å². The van der Waals surface area contributed by atoms with Gasteiger partial charge in [0.2, 0.25) is 10.0 Å². The van der Waals surface area contributed by atoms with E-state index in [1.165, 1.54) is 18.5 Å². The molecular weight excluding hydrogens is 294 g/mol. The Balaban J connectivity index is 2.08. The van der Waals surface area contributed by atoms with Crippen LogP contribution in [-0.2, 0) is 23.2 Å². The zero-order valence-corrected chi connectivity index (χ0v) is 12.8. The summed E-state index contributed by atoms with van der Waals surface area (Å²) >= 11 is 0. The number of rotatable bonds is 7. The molecule has 116 valence electrons. The second kappa shape index (κ2) is 6.37. The third-order valence-corrected chi connectivity index (χ3v) is 4.47. The summed E-state index contributed by atoms with van der Waals surface area (Å²) in [6, 6.07) is 1.56. The minimum absolute atomic E-state index is 0.0752. The van der Waals surface area contributed by atoms with Crippen molar-refractivity contribution in [3.8, 4) is 0 Å². The number of hydrogen-bond donors (Lipinski definition) is 2. The van der Waals surface area contributed by atoms with E-state index in [1.54, 1.807) is 15.4 Å². The average molecular weight is 313 g/mol. The molecule has 0 saturated carbocycles. The fourth-order valence-corrected chi connectivity index (χ4v) is 3.05. The van der Waals surface area contributed by atoms with Gasteiger partial charge < -0.3 is 9.67 Å². The number of nitrogens with one attached hydrogen (secondary N) is 1. The molecule has 0 aliphatic carbocycles. The molecule has 2 heterocycles. The molecule has 0 bridgehead atoms. The maximum absolute atomic E-state index is 12.2. The molecule has 0 unspecified atom stereocenters. The van der Waals surface area contributed by atoms with Gasteiger partial charge in [0.05, 0.1) is 24.2 Å². The molecule has 0 amide bonds. The van der Waals surface area contributed by atoms with Crippen LogP contribution in [0.15, 0.2) is 29.6 Å². The summed E-state index contributed by atoms with van der Waals surface area (Å²) < 4.78 is 30.2. The monoisotopic (exact) mass is 313 g/mol. The first-order valence-corrected chi connectivity index (χ1v) is 8.07. The van der Waals surface area contributed by atoms with Gasteiger partial charge >= 0.3 is 0 Å². The first-order valence-electron chi connectivity index (χ1n) is 6.59. The Labute approximate surface area is 123 Å². The normalized spacial score (nSPS) is 12.2. The van der Waals surface area contributed by atoms with E-state index in [9.17, 15) is 13.5 Å². The number of aliphatic hydroxyl groups excluding tert-OH is 1. The summed E-state index contributed by atoms with van der Waals surface area (Å²) in [5.41, 5.74) is 0.571. The van der Waals surface area contributed by atoms with Crippen molar-refractivity contribution in [2.75, 3.05) is 6.54 Å². The van der Waals surface area contributed by atoms with Gasteiger partial charge in [-0.05, 0) is 19.9 Å². The summed E-state index contributed by atoms with van der Waals surface area (Å²) in [7, 11) is -3.60.